The number of para-hydroxylation sites is 3. The predicted octanol–water partition coefficient (Wildman–Crippen LogP) is 12.7. The molecule has 6 rings (SSSR count). The van der Waals surface area contributed by atoms with Crippen LogP contribution in [0.3, 0.4) is 0 Å². The molecule has 0 aliphatic rings. The molecule has 78 heavy (non-hydrogen) atoms. The second kappa shape index (κ2) is 31.4. The molecule has 3 aromatic heterocycles. The van der Waals surface area contributed by atoms with Crippen molar-refractivity contribution in [3.05, 3.63) is 161 Å². The summed E-state index contributed by atoms with van der Waals surface area (Å²) in [5, 5.41) is 8.66. The molecular weight excluding hydrogens is 1140 g/mol. The number of carbonyl (C=O) groups excluding carboxylic acids is 3. The molecule has 0 aliphatic carbocycles. The Labute approximate surface area is 468 Å². The van der Waals surface area contributed by atoms with E-state index in [2.05, 4.69) is 30.2 Å². The van der Waals surface area contributed by atoms with Gasteiger partial charge >= 0.3 is 41.1 Å². The third kappa shape index (κ3) is 24.2. The van der Waals surface area contributed by atoms with Gasteiger partial charge in [-0.2, -0.15) is 15.3 Å². The molecule has 27 heteroatoms. The minimum atomic E-state index is -3.99. The number of nitrogens with one attached hydrogen (secondary N) is 3. The zero-order chi connectivity index (χ0) is 57.5. The van der Waals surface area contributed by atoms with E-state index in [9.17, 15) is 28.1 Å². The average Bonchev–Trinajstić information content (AvgIpc) is 3.35. The van der Waals surface area contributed by atoms with E-state index in [1.807, 2.05) is 0 Å². The predicted molar refractivity (Wildman–Crippen MR) is 295 cm³/mol. The summed E-state index contributed by atoms with van der Waals surface area (Å²) < 4.78 is 88.0. The van der Waals surface area contributed by atoms with Crippen LogP contribution in [0.15, 0.2) is 146 Å². The van der Waals surface area contributed by atoms with Gasteiger partial charge in [-0.05, 0) is 98.7 Å². The van der Waals surface area contributed by atoms with Crippen molar-refractivity contribution >= 4 is 76.0 Å². The highest BCUT2D eigenvalue weighted by atomic mass is 35.5. The van der Waals surface area contributed by atoms with Gasteiger partial charge in [0.25, 0.3) is 0 Å². The Morgan fingerprint density at radius 3 is 0.795 bits per heavy atom. The lowest BCUT2D eigenvalue weighted by Gasteiger charge is -2.23. The lowest BCUT2D eigenvalue weighted by molar-refractivity contribution is -0.149. The van der Waals surface area contributed by atoms with Crippen molar-refractivity contribution < 1.29 is 69.4 Å². The largest absolute Gasteiger partial charge is 0.513 e. The first-order chi connectivity index (χ1) is 36.8. The first kappa shape index (κ1) is 64.3. The van der Waals surface area contributed by atoms with Gasteiger partial charge in [-0.1, -0.05) is 89.4 Å². The molecule has 0 saturated heterocycles. The molecule has 3 aromatic carbocycles. The van der Waals surface area contributed by atoms with Crippen LogP contribution in [0.1, 0.15) is 62.3 Å². The molecule has 21 nitrogen and oxygen atoms in total. The second-order valence-corrected chi connectivity index (χ2v) is 23.2. The standard InChI is InChI=1S/3C17H20ClN2O5P/c3*1-12(2)23-17(21)13(3)20-26(22,24-15-7-5-4-6-8-15)25-16-9-14(18)10-19-11-16/h3*4-13H,1-3H3,(H,20,22)/t13-,26?;13-,26+;13-,26-/m111/s1. The van der Waals surface area contributed by atoms with Gasteiger partial charge in [0.1, 0.15) is 35.4 Å². The van der Waals surface area contributed by atoms with Gasteiger partial charge in [0.2, 0.25) is 0 Å². The quantitative estimate of drug-likeness (QED) is 0.0289. The maximum atomic E-state index is 13.2. The average molecular weight is 1200 g/mol. The van der Waals surface area contributed by atoms with Crippen LogP contribution in [0.25, 0.3) is 0 Å². The molecule has 0 bridgehead atoms. The third-order valence-corrected chi connectivity index (χ3v) is 14.2. The second-order valence-electron chi connectivity index (χ2n) is 17.0. The number of rotatable bonds is 24. The molecule has 0 spiro atoms. The van der Waals surface area contributed by atoms with Crippen LogP contribution in [-0.2, 0) is 42.3 Å². The Hall–Kier alpha value is -6.24. The van der Waals surface area contributed by atoms with Crippen molar-refractivity contribution in [3.8, 4) is 34.5 Å². The van der Waals surface area contributed by atoms with E-state index in [-0.39, 0.29) is 35.6 Å². The summed E-state index contributed by atoms with van der Waals surface area (Å²) in [6.45, 7) is 14.8. The number of carbonyl (C=O) groups is 3. The monoisotopic (exact) mass is 1190 g/mol. The molecular formula is C51H60Cl3N6O15P3. The minimum absolute atomic E-state index is 0.133. The highest BCUT2D eigenvalue weighted by Gasteiger charge is 2.37. The van der Waals surface area contributed by atoms with E-state index >= 15 is 0 Å². The zero-order valence-corrected chi connectivity index (χ0v) is 48.7. The van der Waals surface area contributed by atoms with Crippen molar-refractivity contribution in [2.45, 2.75) is 98.8 Å². The summed E-state index contributed by atoms with van der Waals surface area (Å²) in [5.74, 6) is -0.413. The topological polar surface area (TPSA) is 260 Å². The van der Waals surface area contributed by atoms with E-state index in [1.165, 1.54) is 76.2 Å². The van der Waals surface area contributed by atoms with Crippen LogP contribution in [0.4, 0.5) is 0 Å². The van der Waals surface area contributed by atoms with Crippen molar-refractivity contribution in [3.63, 3.8) is 0 Å². The molecule has 3 N–H and O–H groups in total. The van der Waals surface area contributed by atoms with Crippen LogP contribution in [0.5, 0.6) is 34.5 Å². The lowest BCUT2D eigenvalue weighted by Crippen LogP contribution is -2.36. The highest BCUT2D eigenvalue weighted by Crippen LogP contribution is 2.48. The fourth-order valence-corrected chi connectivity index (χ4v) is 10.7. The van der Waals surface area contributed by atoms with E-state index in [4.69, 9.17) is 76.2 Å². The van der Waals surface area contributed by atoms with Crippen LogP contribution in [-0.4, -0.2) is 69.3 Å². The van der Waals surface area contributed by atoms with Gasteiger partial charge in [-0.25, -0.2) is 13.7 Å². The number of halogens is 3. The van der Waals surface area contributed by atoms with Crippen LogP contribution in [0.2, 0.25) is 15.1 Å². The first-order valence-corrected chi connectivity index (χ1v) is 29.5. The Bertz CT molecular complexity index is 2680. The Kier molecular flexibility index (Phi) is 25.9. The summed E-state index contributed by atoms with van der Waals surface area (Å²) in [6.07, 6.45) is 7.33. The van der Waals surface area contributed by atoms with Gasteiger partial charge in [-0.3, -0.25) is 29.3 Å². The van der Waals surface area contributed by atoms with Gasteiger partial charge in [0.05, 0.1) is 52.0 Å². The fraction of sp³-hybridized carbons (Fsp3) is 0.294. The number of aromatic nitrogens is 3. The minimum Gasteiger partial charge on any atom is -0.462 e. The molecule has 420 valence electrons. The number of benzene rings is 3. The van der Waals surface area contributed by atoms with Gasteiger partial charge < -0.3 is 41.4 Å². The third-order valence-electron chi connectivity index (χ3n) is 8.79. The molecule has 0 radical (unpaired) electrons. The summed E-state index contributed by atoms with van der Waals surface area (Å²) in [4.78, 5) is 47.7. The maximum absolute atomic E-state index is 13.2. The molecule has 6 atom stereocenters. The van der Waals surface area contributed by atoms with E-state index < -0.39 is 59.3 Å². The first-order valence-electron chi connectivity index (χ1n) is 23.7. The van der Waals surface area contributed by atoms with Crippen LogP contribution < -0.4 is 42.4 Å². The van der Waals surface area contributed by atoms with E-state index in [1.54, 1.807) is 133 Å². The van der Waals surface area contributed by atoms with Gasteiger partial charge in [-0.15, -0.1) is 0 Å². The maximum Gasteiger partial charge on any atom is 0.513 e. The molecule has 1 unspecified atom stereocenters. The summed E-state index contributed by atoms with van der Waals surface area (Å²) in [7, 11) is -12.0. The number of ether oxygens (including phenoxy) is 3. The summed E-state index contributed by atoms with van der Waals surface area (Å²) in [6, 6.07) is 26.9. The molecule has 0 amide bonds. The van der Waals surface area contributed by atoms with Gasteiger partial charge in [0.15, 0.2) is 17.2 Å². The summed E-state index contributed by atoms with van der Waals surface area (Å²) in [5.41, 5.74) is 0. The SMILES string of the molecule is CC(C)OC(=O)[C@@H](C)NP(=O)(Oc1ccccc1)Oc1cncc(Cl)c1.CC(C)OC(=O)[C@@H](C)N[P@@](=O)(Oc1ccccc1)Oc1cncc(Cl)c1.CC(C)OC(=O)[C@@H](C)N[P@](=O)(Oc1ccccc1)Oc1cncc(Cl)c1. The van der Waals surface area contributed by atoms with E-state index in [0.29, 0.717) is 32.3 Å². The number of hydrogen-bond donors (Lipinski definition) is 3. The van der Waals surface area contributed by atoms with Crippen molar-refractivity contribution in [2.75, 3.05) is 0 Å². The Morgan fingerprint density at radius 1 is 0.372 bits per heavy atom. The number of nitrogens with zero attached hydrogens (tertiary/aromatic N) is 3. The molecule has 0 fully saturated rings. The molecule has 0 aliphatic heterocycles. The summed E-state index contributed by atoms with van der Waals surface area (Å²) >= 11 is 17.6. The Balaban J connectivity index is 0.000000252. The molecule has 6 aromatic rings. The number of hydrogen-bond acceptors (Lipinski definition) is 18. The zero-order valence-electron chi connectivity index (χ0n) is 43.8. The number of pyridine rings is 3. The number of esters is 3. The smallest absolute Gasteiger partial charge is 0.462 e. The highest BCUT2D eigenvalue weighted by molar-refractivity contribution is 7.53. The van der Waals surface area contributed by atoms with Crippen molar-refractivity contribution in [2.24, 2.45) is 0 Å². The lowest BCUT2D eigenvalue weighted by atomic mass is 10.3. The van der Waals surface area contributed by atoms with Gasteiger partial charge in [0, 0.05) is 36.8 Å². The van der Waals surface area contributed by atoms with Crippen LogP contribution >= 0.6 is 58.0 Å². The Morgan fingerprint density at radius 2 is 0.590 bits per heavy atom. The fourth-order valence-electron chi connectivity index (χ4n) is 5.69. The van der Waals surface area contributed by atoms with E-state index in [0.717, 1.165) is 0 Å². The molecule has 3 heterocycles. The normalized spacial score (nSPS) is 14.3. The molecule has 0 saturated carbocycles. The van der Waals surface area contributed by atoms with Crippen molar-refractivity contribution in [1.29, 1.82) is 0 Å². The van der Waals surface area contributed by atoms with Crippen LogP contribution in [0, 0.1) is 0 Å². The van der Waals surface area contributed by atoms with Crippen molar-refractivity contribution in [1.82, 2.24) is 30.2 Å².